The predicted octanol–water partition coefficient (Wildman–Crippen LogP) is 2.11. The van der Waals surface area contributed by atoms with E-state index in [-0.39, 0.29) is 12.0 Å². The average molecular weight is 293 g/mol. The van der Waals surface area contributed by atoms with Gasteiger partial charge in [-0.2, -0.15) is 0 Å². The summed E-state index contributed by atoms with van der Waals surface area (Å²) in [6.07, 6.45) is 1.28. The molecule has 3 rings (SSSR count). The lowest BCUT2D eigenvalue weighted by molar-refractivity contribution is -0.146. The fourth-order valence-electron chi connectivity index (χ4n) is 3.02. The molecule has 0 saturated carbocycles. The number of likely N-dealkylation sites (tertiary alicyclic amines) is 1. The van der Waals surface area contributed by atoms with E-state index in [9.17, 15) is 5.11 Å². The van der Waals surface area contributed by atoms with Crippen molar-refractivity contribution in [3.8, 4) is 0 Å². The highest BCUT2D eigenvalue weighted by Crippen LogP contribution is 2.31. The summed E-state index contributed by atoms with van der Waals surface area (Å²) in [5.74, 6) is 1.97. The summed E-state index contributed by atoms with van der Waals surface area (Å²) in [5, 5.41) is 9.50. The Kier molecular flexibility index (Phi) is 4.66. The minimum absolute atomic E-state index is 0.0292. The molecule has 2 fully saturated rings. The highest BCUT2D eigenvalue weighted by atomic mass is 32.2. The minimum Gasteiger partial charge on any atom is -0.396 e. The van der Waals surface area contributed by atoms with E-state index < -0.39 is 0 Å². The Balaban J connectivity index is 1.43. The van der Waals surface area contributed by atoms with Crippen LogP contribution in [0.4, 0.5) is 0 Å². The van der Waals surface area contributed by atoms with Crippen molar-refractivity contribution in [1.82, 2.24) is 4.90 Å². The van der Waals surface area contributed by atoms with E-state index in [0.717, 1.165) is 25.7 Å². The maximum Gasteiger partial charge on any atom is 0.0579 e. The van der Waals surface area contributed by atoms with Gasteiger partial charge >= 0.3 is 0 Å². The Hall–Kier alpha value is -0.550. The first-order chi connectivity index (χ1) is 9.80. The van der Waals surface area contributed by atoms with Crippen molar-refractivity contribution in [2.45, 2.75) is 11.3 Å². The Labute approximate surface area is 125 Å². The number of benzene rings is 1. The van der Waals surface area contributed by atoms with Crippen molar-refractivity contribution in [2.24, 2.45) is 11.3 Å². The molecule has 110 valence electrons. The second-order valence-corrected chi connectivity index (χ2v) is 7.26. The van der Waals surface area contributed by atoms with Crippen LogP contribution in [0.3, 0.4) is 0 Å². The molecule has 0 amide bonds. The van der Waals surface area contributed by atoms with Gasteiger partial charge in [0.05, 0.1) is 25.2 Å². The molecule has 4 heteroatoms. The van der Waals surface area contributed by atoms with Gasteiger partial charge in [0.15, 0.2) is 0 Å². The molecule has 1 atom stereocenters. The van der Waals surface area contributed by atoms with Gasteiger partial charge in [-0.25, -0.2) is 0 Å². The second-order valence-electron chi connectivity index (χ2n) is 6.16. The van der Waals surface area contributed by atoms with Gasteiger partial charge in [0.2, 0.25) is 0 Å². The van der Waals surface area contributed by atoms with E-state index in [4.69, 9.17) is 4.74 Å². The van der Waals surface area contributed by atoms with Crippen LogP contribution < -0.4 is 0 Å². The monoisotopic (exact) mass is 293 g/mol. The fourth-order valence-corrected chi connectivity index (χ4v) is 4.07. The first kappa shape index (κ1) is 14.4. The lowest BCUT2D eigenvalue weighted by Gasteiger charge is -2.42. The smallest absolute Gasteiger partial charge is 0.0579 e. The van der Waals surface area contributed by atoms with E-state index in [1.54, 1.807) is 0 Å². The molecule has 0 radical (unpaired) electrons. The van der Waals surface area contributed by atoms with Crippen LogP contribution in [-0.2, 0) is 4.74 Å². The van der Waals surface area contributed by atoms with Gasteiger partial charge in [0, 0.05) is 23.7 Å². The molecule has 1 N–H and O–H groups in total. The predicted molar refractivity (Wildman–Crippen MR) is 82.1 cm³/mol. The molecule has 0 aromatic heterocycles. The van der Waals surface area contributed by atoms with Crippen LogP contribution in [0.2, 0.25) is 0 Å². The number of aliphatic hydroxyl groups excluding tert-OH is 1. The van der Waals surface area contributed by atoms with Crippen molar-refractivity contribution in [2.75, 3.05) is 45.2 Å². The molecule has 0 aliphatic carbocycles. The topological polar surface area (TPSA) is 32.7 Å². The number of aliphatic hydroxyl groups is 1. The second kappa shape index (κ2) is 6.48. The van der Waals surface area contributed by atoms with Crippen LogP contribution >= 0.6 is 11.8 Å². The van der Waals surface area contributed by atoms with Gasteiger partial charge in [-0.15, -0.1) is 11.8 Å². The largest absolute Gasteiger partial charge is 0.396 e. The first-order valence-corrected chi connectivity index (χ1v) is 8.37. The van der Waals surface area contributed by atoms with Crippen molar-refractivity contribution in [3.05, 3.63) is 30.3 Å². The molecular weight excluding hydrogens is 270 g/mol. The summed E-state index contributed by atoms with van der Waals surface area (Å²) in [4.78, 5) is 3.87. The number of ether oxygens (including phenoxy) is 1. The van der Waals surface area contributed by atoms with Crippen LogP contribution in [0.15, 0.2) is 35.2 Å². The number of nitrogens with zero attached hydrogens (tertiary/aromatic N) is 1. The molecule has 1 aromatic carbocycles. The molecule has 0 spiro atoms. The highest BCUT2D eigenvalue weighted by Gasteiger charge is 2.40. The molecule has 1 unspecified atom stereocenters. The molecule has 2 saturated heterocycles. The Morgan fingerprint density at radius 3 is 2.75 bits per heavy atom. The zero-order chi connectivity index (χ0) is 13.8. The fraction of sp³-hybridized carbons (Fsp3) is 0.625. The standard InChI is InChI=1S/C16H23NO2S/c18-11-16(12-19-13-16)10-17-7-6-14(8-17)9-20-15-4-2-1-3-5-15/h1-5,14,18H,6-13H2. The van der Waals surface area contributed by atoms with Crippen LogP contribution in [0.5, 0.6) is 0 Å². The highest BCUT2D eigenvalue weighted by molar-refractivity contribution is 7.99. The van der Waals surface area contributed by atoms with Crippen molar-refractivity contribution < 1.29 is 9.84 Å². The van der Waals surface area contributed by atoms with E-state index in [2.05, 4.69) is 35.2 Å². The number of hydrogen-bond donors (Lipinski definition) is 1. The van der Waals surface area contributed by atoms with Gasteiger partial charge in [0.1, 0.15) is 0 Å². The Morgan fingerprint density at radius 2 is 2.10 bits per heavy atom. The lowest BCUT2D eigenvalue weighted by atomic mass is 9.86. The minimum atomic E-state index is 0.0292. The third-order valence-corrected chi connectivity index (χ3v) is 5.55. The molecule has 3 nitrogen and oxygen atoms in total. The summed E-state index contributed by atoms with van der Waals surface area (Å²) < 4.78 is 5.28. The van der Waals surface area contributed by atoms with Gasteiger partial charge in [0.25, 0.3) is 0 Å². The molecule has 0 bridgehead atoms. The van der Waals surface area contributed by atoms with Crippen molar-refractivity contribution in [3.63, 3.8) is 0 Å². The lowest BCUT2D eigenvalue weighted by Crippen LogP contribution is -2.52. The van der Waals surface area contributed by atoms with E-state index in [1.807, 2.05) is 11.8 Å². The van der Waals surface area contributed by atoms with Gasteiger partial charge in [-0.1, -0.05) is 18.2 Å². The zero-order valence-electron chi connectivity index (χ0n) is 11.8. The SMILES string of the molecule is OCC1(CN2CCC(CSc3ccccc3)C2)COC1. The molecular formula is C16H23NO2S. The molecule has 2 aliphatic rings. The summed E-state index contributed by atoms with van der Waals surface area (Å²) in [6, 6.07) is 10.6. The quantitative estimate of drug-likeness (QED) is 0.814. The number of hydrogen-bond acceptors (Lipinski definition) is 4. The number of thioether (sulfide) groups is 1. The third kappa shape index (κ3) is 3.37. The van der Waals surface area contributed by atoms with Crippen LogP contribution in [-0.4, -0.2) is 55.2 Å². The molecule has 1 aromatic rings. The maximum atomic E-state index is 9.50. The molecule has 2 aliphatic heterocycles. The van der Waals surface area contributed by atoms with Gasteiger partial charge in [-0.05, 0) is 31.0 Å². The van der Waals surface area contributed by atoms with E-state index in [1.165, 1.54) is 30.2 Å². The van der Waals surface area contributed by atoms with Gasteiger partial charge < -0.3 is 14.7 Å². The molecule has 2 heterocycles. The number of rotatable bonds is 6. The molecule has 20 heavy (non-hydrogen) atoms. The Morgan fingerprint density at radius 1 is 1.30 bits per heavy atom. The van der Waals surface area contributed by atoms with Crippen LogP contribution in [0, 0.1) is 11.3 Å². The first-order valence-electron chi connectivity index (χ1n) is 7.38. The van der Waals surface area contributed by atoms with Gasteiger partial charge in [-0.3, -0.25) is 0 Å². The third-order valence-electron chi connectivity index (χ3n) is 4.31. The van der Waals surface area contributed by atoms with Crippen LogP contribution in [0.1, 0.15) is 6.42 Å². The van der Waals surface area contributed by atoms with E-state index >= 15 is 0 Å². The van der Waals surface area contributed by atoms with Crippen molar-refractivity contribution >= 4 is 11.8 Å². The van der Waals surface area contributed by atoms with Crippen LogP contribution in [0.25, 0.3) is 0 Å². The average Bonchev–Trinajstić information content (AvgIpc) is 2.89. The van der Waals surface area contributed by atoms with E-state index in [0.29, 0.717) is 0 Å². The maximum absolute atomic E-state index is 9.50. The normalized spacial score (nSPS) is 25.6. The summed E-state index contributed by atoms with van der Waals surface area (Å²) in [5.41, 5.74) is 0.0292. The van der Waals surface area contributed by atoms with Crippen molar-refractivity contribution in [1.29, 1.82) is 0 Å². The summed E-state index contributed by atoms with van der Waals surface area (Å²) >= 11 is 1.96. The Bertz CT molecular complexity index is 416. The summed E-state index contributed by atoms with van der Waals surface area (Å²) in [7, 11) is 0. The zero-order valence-corrected chi connectivity index (χ0v) is 12.6. The summed E-state index contributed by atoms with van der Waals surface area (Å²) in [6.45, 7) is 5.04.